The van der Waals surface area contributed by atoms with Gasteiger partial charge in [0.15, 0.2) is 0 Å². The first-order valence-corrected chi connectivity index (χ1v) is 12.6. The number of hydrogen-bond donors (Lipinski definition) is 0. The summed E-state index contributed by atoms with van der Waals surface area (Å²) in [6.45, 7) is 10.1. The molecular formula is C28H38O4. The van der Waals surface area contributed by atoms with E-state index in [4.69, 9.17) is 9.47 Å². The molecule has 4 aliphatic rings. The van der Waals surface area contributed by atoms with Crippen LogP contribution in [0.5, 0.6) is 5.75 Å². The lowest BCUT2D eigenvalue weighted by Gasteiger charge is -2.60. The van der Waals surface area contributed by atoms with Crippen LogP contribution in [0, 0.1) is 36.0 Å². The summed E-state index contributed by atoms with van der Waals surface area (Å²) in [7, 11) is 0. The van der Waals surface area contributed by atoms with E-state index in [0.29, 0.717) is 17.3 Å². The number of carbonyl (C=O) groups excluding carboxylic acids is 2. The van der Waals surface area contributed by atoms with Gasteiger partial charge in [0.1, 0.15) is 11.9 Å². The molecule has 0 bridgehead atoms. The quantitative estimate of drug-likeness (QED) is 0.426. The maximum Gasteiger partial charge on any atom is 0.308 e. The van der Waals surface area contributed by atoms with E-state index in [1.54, 1.807) is 0 Å². The fraction of sp³-hybridized carbons (Fsp3) is 0.714. The van der Waals surface area contributed by atoms with Crippen LogP contribution in [0.2, 0.25) is 0 Å². The number of esters is 2. The van der Waals surface area contributed by atoms with Gasteiger partial charge in [-0.15, -0.1) is 0 Å². The van der Waals surface area contributed by atoms with Gasteiger partial charge < -0.3 is 9.47 Å². The molecule has 1 aromatic rings. The van der Waals surface area contributed by atoms with Crippen LogP contribution in [-0.4, -0.2) is 18.0 Å². The average molecular weight is 439 g/mol. The van der Waals surface area contributed by atoms with Crippen LogP contribution in [-0.2, 0) is 26.2 Å². The third kappa shape index (κ3) is 3.31. The van der Waals surface area contributed by atoms with E-state index >= 15 is 0 Å². The van der Waals surface area contributed by atoms with Gasteiger partial charge in [-0.2, -0.15) is 0 Å². The van der Waals surface area contributed by atoms with Gasteiger partial charge in [0, 0.05) is 19.4 Å². The Morgan fingerprint density at radius 2 is 1.75 bits per heavy atom. The van der Waals surface area contributed by atoms with Gasteiger partial charge in [0.2, 0.25) is 0 Å². The molecule has 0 radical (unpaired) electrons. The Labute approximate surface area is 192 Å². The maximum atomic E-state index is 11.9. The number of benzene rings is 1. The first kappa shape index (κ1) is 22.0. The fourth-order valence-corrected chi connectivity index (χ4v) is 8.67. The van der Waals surface area contributed by atoms with Crippen molar-refractivity contribution in [2.24, 2.45) is 29.1 Å². The van der Waals surface area contributed by atoms with Crippen molar-refractivity contribution in [2.75, 3.05) is 0 Å². The van der Waals surface area contributed by atoms with E-state index in [1.165, 1.54) is 62.6 Å². The fourth-order valence-electron chi connectivity index (χ4n) is 8.67. The summed E-state index contributed by atoms with van der Waals surface area (Å²) in [6.07, 6.45) is 9.37. The molecule has 5 rings (SSSR count). The van der Waals surface area contributed by atoms with E-state index in [0.717, 1.165) is 36.8 Å². The van der Waals surface area contributed by atoms with Gasteiger partial charge in [-0.25, -0.2) is 0 Å². The number of rotatable bonds is 2. The molecule has 0 saturated heterocycles. The minimum absolute atomic E-state index is 0.0904. The highest BCUT2D eigenvalue weighted by atomic mass is 16.5. The van der Waals surface area contributed by atoms with Crippen molar-refractivity contribution in [3.05, 3.63) is 28.8 Å². The number of carbonyl (C=O) groups is 2. The monoisotopic (exact) mass is 438 g/mol. The summed E-state index contributed by atoms with van der Waals surface area (Å²) in [4.78, 5) is 23.4. The Kier molecular flexibility index (Phi) is 5.22. The molecule has 4 heteroatoms. The second-order valence-corrected chi connectivity index (χ2v) is 11.7. The van der Waals surface area contributed by atoms with E-state index < -0.39 is 0 Å². The van der Waals surface area contributed by atoms with Crippen molar-refractivity contribution in [2.45, 2.75) is 97.5 Å². The van der Waals surface area contributed by atoms with Crippen molar-refractivity contribution >= 4 is 11.9 Å². The zero-order chi connectivity index (χ0) is 22.8. The predicted octanol–water partition coefficient (Wildman–Crippen LogP) is 5.91. The van der Waals surface area contributed by atoms with Crippen molar-refractivity contribution in [3.63, 3.8) is 0 Å². The normalized spacial score (nSPS) is 39.8. The van der Waals surface area contributed by atoms with Gasteiger partial charge in [0.25, 0.3) is 0 Å². The number of fused-ring (bicyclic) bond motifs is 7. The smallest absolute Gasteiger partial charge is 0.308 e. The van der Waals surface area contributed by atoms with Gasteiger partial charge >= 0.3 is 11.9 Å². The minimum Gasteiger partial charge on any atom is -0.463 e. The molecule has 3 saturated carbocycles. The molecule has 0 amide bonds. The SMILES string of the molecule is CC(=O)Oc1cc(C)cc2c1[C@@]1(C)CC[C@@H]3[C@H](CC[C@H]4C[C@@H](OC(C)=O)CC[C@@]43C)[C@@H]1C2. The third-order valence-electron chi connectivity index (χ3n) is 9.93. The van der Waals surface area contributed by atoms with E-state index in [-0.39, 0.29) is 23.5 Å². The number of ether oxygens (including phenoxy) is 2. The number of hydrogen-bond acceptors (Lipinski definition) is 4. The Morgan fingerprint density at radius 3 is 2.47 bits per heavy atom. The predicted molar refractivity (Wildman–Crippen MR) is 123 cm³/mol. The Bertz CT molecular complexity index is 951. The van der Waals surface area contributed by atoms with E-state index in [2.05, 4.69) is 32.9 Å². The lowest BCUT2D eigenvalue weighted by Crippen LogP contribution is -2.54. The Balaban J connectivity index is 1.44. The molecule has 4 aliphatic carbocycles. The molecule has 3 fully saturated rings. The van der Waals surface area contributed by atoms with Gasteiger partial charge in [-0.1, -0.05) is 19.9 Å². The van der Waals surface area contributed by atoms with E-state index in [9.17, 15) is 9.59 Å². The van der Waals surface area contributed by atoms with Gasteiger partial charge in [-0.05, 0) is 110 Å². The Morgan fingerprint density at radius 1 is 0.969 bits per heavy atom. The van der Waals surface area contributed by atoms with Crippen LogP contribution in [0.25, 0.3) is 0 Å². The second kappa shape index (κ2) is 7.60. The van der Waals surface area contributed by atoms with Crippen molar-refractivity contribution < 1.29 is 19.1 Å². The van der Waals surface area contributed by atoms with Crippen LogP contribution in [0.4, 0.5) is 0 Å². The summed E-state index contributed by atoms with van der Waals surface area (Å²) in [5.41, 5.74) is 4.34. The summed E-state index contributed by atoms with van der Waals surface area (Å²) in [5, 5.41) is 0. The Hall–Kier alpha value is -1.84. The van der Waals surface area contributed by atoms with Crippen LogP contribution < -0.4 is 4.74 Å². The van der Waals surface area contributed by atoms with Gasteiger partial charge in [0.05, 0.1) is 0 Å². The molecule has 0 heterocycles. The van der Waals surface area contributed by atoms with Crippen LogP contribution in [0.1, 0.15) is 89.3 Å². The molecule has 0 unspecified atom stereocenters. The highest BCUT2D eigenvalue weighted by Gasteiger charge is 2.60. The minimum atomic E-state index is -0.226. The maximum absolute atomic E-state index is 11.9. The molecule has 174 valence electrons. The molecule has 7 atom stereocenters. The number of aryl methyl sites for hydroxylation is 1. The van der Waals surface area contributed by atoms with Gasteiger partial charge in [-0.3, -0.25) is 9.59 Å². The first-order valence-electron chi connectivity index (χ1n) is 12.6. The first-order chi connectivity index (χ1) is 15.1. The summed E-state index contributed by atoms with van der Waals surface area (Å²) in [5.74, 6) is 3.19. The molecule has 0 aromatic heterocycles. The average Bonchev–Trinajstić information content (AvgIpc) is 2.99. The topological polar surface area (TPSA) is 52.6 Å². The largest absolute Gasteiger partial charge is 0.463 e. The van der Waals surface area contributed by atoms with Crippen LogP contribution in [0.15, 0.2) is 12.1 Å². The van der Waals surface area contributed by atoms with Crippen molar-refractivity contribution in [3.8, 4) is 5.75 Å². The zero-order valence-electron chi connectivity index (χ0n) is 20.3. The molecule has 32 heavy (non-hydrogen) atoms. The zero-order valence-corrected chi connectivity index (χ0v) is 20.3. The second-order valence-electron chi connectivity index (χ2n) is 11.7. The lowest BCUT2D eigenvalue weighted by molar-refractivity contribution is -0.157. The molecule has 0 aliphatic heterocycles. The highest BCUT2D eigenvalue weighted by Crippen LogP contribution is 2.66. The third-order valence-corrected chi connectivity index (χ3v) is 9.93. The highest BCUT2D eigenvalue weighted by molar-refractivity contribution is 5.71. The summed E-state index contributed by atoms with van der Waals surface area (Å²) in [6, 6.07) is 4.40. The van der Waals surface area contributed by atoms with Crippen molar-refractivity contribution in [1.82, 2.24) is 0 Å². The summed E-state index contributed by atoms with van der Waals surface area (Å²) < 4.78 is 11.4. The van der Waals surface area contributed by atoms with E-state index in [1.807, 2.05) is 0 Å². The van der Waals surface area contributed by atoms with Crippen LogP contribution >= 0.6 is 0 Å². The lowest BCUT2D eigenvalue weighted by atomic mass is 9.45. The molecule has 0 spiro atoms. The molecular weight excluding hydrogens is 400 g/mol. The van der Waals surface area contributed by atoms with Crippen molar-refractivity contribution in [1.29, 1.82) is 0 Å². The molecule has 4 nitrogen and oxygen atoms in total. The standard InChI is InChI=1S/C28H38O4/c1-16-12-19-14-24-22-7-6-20-15-21(31-17(2)29)8-10-27(20,4)23(22)9-11-28(24,5)26(19)25(13-16)32-18(3)30/h12-13,20-24H,6-11,14-15H2,1-5H3/t20-,21-,22-,23+,24-,27-,28-/m0/s1. The molecule has 0 N–H and O–H groups in total. The van der Waals surface area contributed by atoms with Crippen LogP contribution in [0.3, 0.4) is 0 Å². The molecule has 1 aromatic carbocycles. The summed E-state index contributed by atoms with van der Waals surface area (Å²) >= 11 is 0.